The third-order valence-electron chi connectivity index (χ3n) is 5.15. The average Bonchev–Trinajstić information content (AvgIpc) is 2.83. The Bertz CT molecular complexity index is 271. The minimum absolute atomic E-state index is 0.107. The molecular weight excluding hydrogens is 226 g/mol. The minimum atomic E-state index is -0.107. The van der Waals surface area contributed by atoms with Crippen molar-refractivity contribution in [3.63, 3.8) is 0 Å². The van der Waals surface area contributed by atoms with E-state index in [1.54, 1.807) is 0 Å². The van der Waals surface area contributed by atoms with Gasteiger partial charge in [0.1, 0.15) is 0 Å². The fraction of sp³-hybridized carbons (Fsp3) is 1.00. The summed E-state index contributed by atoms with van der Waals surface area (Å²) < 4.78 is 5.89. The number of hydrogen-bond donors (Lipinski definition) is 1. The van der Waals surface area contributed by atoms with E-state index in [2.05, 4.69) is 4.90 Å². The quantitative estimate of drug-likeness (QED) is 0.778. The molecule has 0 aromatic heterocycles. The van der Waals surface area contributed by atoms with E-state index >= 15 is 0 Å². The summed E-state index contributed by atoms with van der Waals surface area (Å²) in [7, 11) is 0. The highest BCUT2D eigenvalue weighted by Gasteiger charge is 2.40. The highest BCUT2D eigenvalue weighted by molar-refractivity contribution is 4.94. The normalized spacial score (nSPS) is 43.2. The van der Waals surface area contributed by atoms with Crippen molar-refractivity contribution in [2.75, 3.05) is 13.2 Å². The van der Waals surface area contributed by atoms with E-state index < -0.39 is 0 Å². The molecule has 0 aromatic carbocycles. The monoisotopic (exact) mass is 253 g/mol. The lowest BCUT2D eigenvalue weighted by Gasteiger charge is -2.44. The van der Waals surface area contributed by atoms with Gasteiger partial charge in [-0.25, -0.2) is 0 Å². The summed E-state index contributed by atoms with van der Waals surface area (Å²) in [6.07, 6.45) is 11.5. The molecule has 104 valence electrons. The second-order valence-corrected chi connectivity index (χ2v) is 6.27. The lowest BCUT2D eigenvalue weighted by atomic mass is 9.91. The maximum Gasteiger partial charge on any atom is 0.0731 e. The zero-order valence-corrected chi connectivity index (χ0v) is 11.4. The molecule has 3 heteroatoms. The van der Waals surface area contributed by atoms with E-state index in [1.165, 1.54) is 51.4 Å². The second-order valence-electron chi connectivity index (χ2n) is 6.27. The first-order chi connectivity index (χ1) is 8.86. The molecule has 3 rings (SSSR count). The smallest absolute Gasteiger partial charge is 0.0731 e. The van der Waals surface area contributed by atoms with Gasteiger partial charge in [-0.05, 0) is 32.1 Å². The maximum atomic E-state index is 10.5. The van der Waals surface area contributed by atoms with E-state index in [1.807, 2.05) is 0 Å². The van der Waals surface area contributed by atoms with Gasteiger partial charge in [-0.3, -0.25) is 4.90 Å². The van der Waals surface area contributed by atoms with Crippen molar-refractivity contribution < 1.29 is 9.84 Å². The van der Waals surface area contributed by atoms with Gasteiger partial charge in [0.05, 0.1) is 18.8 Å². The number of ether oxygens (including phenoxy) is 1. The molecule has 3 nitrogen and oxygen atoms in total. The number of hydrogen-bond acceptors (Lipinski definition) is 3. The largest absolute Gasteiger partial charge is 0.391 e. The van der Waals surface area contributed by atoms with Gasteiger partial charge >= 0.3 is 0 Å². The first-order valence-corrected chi connectivity index (χ1v) is 7.91. The summed E-state index contributed by atoms with van der Waals surface area (Å²) in [5.74, 6) is 0. The van der Waals surface area contributed by atoms with E-state index in [0.717, 1.165) is 19.6 Å². The van der Waals surface area contributed by atoms with Gasteiger partial charge in [0.2, 0.25) is 0 Å². The Morgan fingerprint density at radius 2 is 1.61 bits per heavy atom. The molecule has 1 aliphatic heterocycles. The average molecular weight is 253 g/mol. The molecule has 3 fully saturated rings. The molecule has 0 bridgehead atoms. The van der Waals surface area contributed by atoms with Crippen LogP contribution >= 0.6 is 0 Å². The van der Waals surface area contributed by atoms with E-state index in [0.29, 0.717) is 18.2 Å². The third kappa shape index (κ3) is 2.59. The highest BCUT2D eigenvalue weighted by Crippen LogP contribution is 2.34. The van der Waals surface area contributed by atoms with E-state index in [-0.39, 0.29) is 6.10 Å². The Kier molecular flexibility index (Phi) is 4.22. The van der Waals surface area contributed by atoms with Gasteiger partial charge in [-0.2, -0.15) is 0 Å². The van der Waals surface area contributed by atoms with Gasteiger partial charge in [0.15, 0.2) is 0 Å². The van der Waals surface area contributed by atoms with Crippen LogP contribution in [-0.4, -0.2) is 47.4 Å². The molecule has 18 heavy (non-hydrogen) atoms. The third-order valence-corrected chi connectivity index (χ3v) is 5.15. The second kappa shape index (κ2) is 5.89. The molecule has 1 heterocycles. The van der Waals surface area contributed by atoms with Crippen LogP contribution in [0, 0.1) is 0 Å². The number of nitrogens with zero attached hydrogens (tertiary/aromatic N) is 1. The summed E-state index contributed by atoms with van der Waals surface area (Å²) in [6, 6.07) is 0.998. The topological polar surface area (TPSA) is 32.7 Å². The van der Waals surface area contributed by atoms with Crippen LogP contribution in [-0.2, 0) is 4.74 Å². The molecule has 1 N–H and O–H groups in total. The number of rotatable bonds is 1. The summed E-state index contributed by atoms with van der Waals surface area (Å²) >= 11 is 0. The van der Waals surface area contributed by atoms with Crippen molar-refractivity contribution >= 4 is 0 Å². The molecule has 2 aliphatic carbocycles. The predicted octanol–water partition coefficient (Wildman–Crippen LogP) is 2.32. The fourth-order valence-electron chi connectivity index (χ4n) is 4.20. The Labute approximate surface area is 110 Å². The zero-order valence-electron chi connectivity index (χ0n) is 11.4. The Morgan fingerprint density at radius 3 is 2.50 bits per heavy atom. The fourth-order valence-corrected chi connectivity index (χ4v) is 4.20. The van der Waals surface area contributed by atoms with Gasteiger partial charge in [-0.15, -0.1) is 0 Å². The van der Waals surface area contributed by atoms with Crippen LogP contribution in [0.4, 0.5) is 0 Å². The van der Waals surface area contributed by atoms with Crippen LogP contribution in [0.5, 0.6) is 0 Å². The molecular formula is C15H27NO2. The van der Waals surface area contributed by atoms with Crippen molar-refractivity contribution in [2.45, 2.75) is 82.1 Å². The molecule has 2 saturated carbocycles. The van der Waals surface area contributed by atoms with Gasteiger partial charge < -0.3 is 9.84 Å². The van der Waals surface area contributed by atoms with Crippen LogP contribution in [0.3, 0.4) is 0 Å². The Hall–Kier alpha value is -0.120. The highest BCUT2D eigenvalue weighted by atomic mass is 16.5. The molecule has 4 atom stereocenters. The van der Waals surface area contributed by atoms with Gasteiger partial charge in [-0.1, -0.05) is 25.7 Å². The van der Waals surface area contributed by atoms with Crippen molar-refractivity contribution in [3.05, 3.63) is 0 Å². The standard InChI is InChI=1S/C15H27NO2/c17-14-8-4-2-1-3-6-12(14)16-10-11-18-15-9-5-7-13(15)16/h12-15,17H,1-11H2. The number of fused-ring (bicyclic) bond motifs is 1. The van der Waals surface area contributed by atoms with Crippen molar-refractivity contribution in [1.82, 2.24) is 4.90 Å². The Morgan fingerprint density at radius 1 is 0.833 bits per heavy atom. The lowest BCUT2D eigenvalue weighted by molar-refractivity contribution is -0.0956. The SMILES string of the molecule is OC1CCCCCCC1N1CCOC2CCCC21. The number of aliphatic hydroxyl groups excluding tert-OH is 1. The molecule has 0 spiro atoms. The van der Waals surface area contributed by atoms with Crippen LogP contribution in [0.25, 0.3) is 0 Å². The summed E-state index contributed by atoms with van der Waals surface area (Å²) in [5, 5.41) is 10.5. The zero-order chi connectivity index (χ0) is 12.4. The Balaban J connectivity index is 1.70. The van der Waals surface area contributed by atoms with E-state index in [4.69, 9.17) is 4.74 Å². The van der Waals surface area contributed by atoms with Gasteiger partial charge in [0.25, 0.3) is 0 Å². The minimum Gasteiger partial charge on any atom is -0.391 e. The van der Waals surface area contributed by atoms with Crippen molar-refractivity contribution in [3.8, 4) is 0 Å². The number of morpholine rings is 1. The first-order valence-electron chi connectivity index (χ1n) is 7.91. The summed E-state index contributed by atoms with van der Waals surface area (Å²) in [6.45, 7) is 1.90. The molecule has 0 amide bonds. The van der Waals surface area contributed by atoms with Crippen molar-refractivity contribution in [2.24, 2.45) is 0 Å². The van der Waals surface area contributed by atoms with Crippen LogP contribution in [0.1, 0.15) is 57.8 Å². The summed E-state index contributed by atoms with van der Waals surface area (Å²) in [5.41, 5.74) is 0. The van der Waals surface area contributed by atoms with Crippen LogP contribution in [0.2, 0.25) is 0 Å². The first kappa shape index (κ1) is 12.9. The molecule has 0 aromatic rings. The predicted molar refractivity (Wildman–Crippen MR) is 71.6 cm³/mol. The lowest BCUT2D eigenvalue weighted by Crippen LogP contribution is -2.56. The maximum absolute atomic E-state index is 10.5. The number of aliphatic hydroxyl groups is 1. The van der Waals surface area contributed by atoms with Crippen LogP contribution < -0.4 is 0 Å². The summed E-state index contributed by atoms with van der Waals surface area (Å²) in [4.78, 5) is 2.61. The molecule has 4 unspecified atom stereocenters. The molecule has 1 saturated heterocycles. The van der Waals surface area contributed by atoms with Crippen LogP contribution in [0.15, 0.2) is 0 Å². The van der Waals surface area contributed by atoms with Gasteiger partial charge in [0, 0.05) is 18.6 Å². The van der Waals surface area contributed by atoms with Crippen molar-refractivity contribution in [1.29, 1.82) is 0 Å². The van der Waals surface area contributed by atoms with E-state index in [9.17, 15) is 5.11 Å². The molecule has 3 aliphatic rings. The molecule has 0 radical (unpaired) electrons.